The van der Waals surface area contributed by atoms with Gasteiger partial charge in [-0.3, -0.25) is 4.90 Å². The van der Waals surface area contributed by atoms with Crippen molar-refractivity contribution in [3.8, 4) is 5.75 Å². The molecule has 27 heavy (non-hydrogen) atoms. The van der Waals surface area contributed by atoms with Crippen LogP contribution in [0.4, 0.5) is 0 Å². The summed E-state index contributed by atoms with van der Waals surface area (Å²) in [5, 5.41) is 12.7. The van der Waals surface area contributed by atoms with Crippen LogP contribution in [0.25, 0.3) is 16.3 Å². The van der Waals surface area contributed by atoms with Crippen LogP contribution < -0.4 is 4.74 Å². The van der Waals surface area contributed by atoms with E-state index in [-0.39, 0.29) is 0 Å². The zero-order chi connectivity index (χ0) is 18.5. The summed E-state index contributed by atoms with van der Waals surface area (Å²) < 4.78 is 5.92. The predicted octanol–water partition coefficient (Wildman–Crippen LogP) is 4.37. The third-order valence-electron chi connectivity index (χ3n) is 5.09. The zero-order valence-electron chi connectivity index (χ0n) is 15.4. The Labute approximate surface area is 160 Å². The predicted molar refractivity (Wildman–Crippen MR) is 111 cm³/mol. The molecule has 1 unspecified atom stereocenters. The highest BCUT2D eigenvalue weighted by molar-refractivity contribution is 5.88. The van der Waals surface area contributed by atoms with Crippen molar-refractivity contribution >= 4 is 16.3 Å². The Bertz CT molecular complexity index is 915. The molecule has 0 fully saturated rings. The van der Waals surface area contributed by atoms with Gasteiger partial charge in [-0.25, -0.2) is 0 Å². The van der Waals surface area contributed by atoms with E-state index < -0.39 is 6.10 Å². The van der Waals surface area contributed by atoms with Gasteiger partial charge in [0.1, 0.15) is 18.5 Å². The molecule has 0 radical (unpaired) electrons. The maximum Gasteiger partial charge on any atom is 0.127 e. The molecule has 0 saturated carbocycles. The fourth-order valence-electron chi connectivity index (χ4n) is 3.65. The first-order valence-electron chi connectivity index (χ1n) is 9.55. The molecule has 1 aliphatic heterocycles. The van der Waals surface area contributed by atoms with Crippen molar-refractivity contribution in [2.24, 2.45) is 0 Å². The Morgan fingerprint density at radius 1 is 0.926 bits per heavy atom. The lowest BCUT2D eigenvalue weighted by Gasteiger charge is -2.28. The van der Waals surface area contributed by atoms with Crippen molar-refractivity contribution in [3.05, 3.63) is 84.4 Å². The van der Waals surface area contributed by atoms with E-state index in [4.69, 9.17) is 4.74 Å². The molecule has 1 aliphatic rings. The van der Waals surface area contributed by atoms with Crippen molar-refractivity contribution in [2.45, 2.75) is 12.5 Å². The minimum atomic E-state index is -0.504. The number of hydrogen-bond acceptors (Lipinski definition) is 3. The normalized spacial score (nSPS) is 16.1. The molecule has 0 spiro atoms. The highest BCUT2D eigenvalue weighted by Crippen LogP contribution is 2.25. The number of rotatable bonds is 6. The minimum Gasteiger partial charge on any atom is -0.490 e. The van der Waals surface area contributed by atoms with E-state index in [0.717, 1.165) is 36.0 Å². The summed E-state index contributed by atoms with van der Waals surface area (Å²) in [6.07, 6.45) is 2.79. The van der Waals surface area contributed by atoms with E-state index >= 15 is 0 Å². The quantitative estimate of drug-likeness (QED) is 0.709. The Morgan fingerprint density at radius 2 is 1.70 bits per heavy atom. The first-order chi connectivity index (χ1) is 13.3. The zero-order valence-corrected chi connectivity index (χ0v) is 15.4. The standard InChI is InChI=1S/C24H25NO2/c26-22(18-27-24-12-6-10-21-9-4-5-11-23(21)24)17-25-15-13-20(14-16-25)19-7-2-1-3-8-19/h1-13,22,26H,14-18H2. The van der Waals surface area contributed by atoms with Gasteiger partial charge < -0.3 is 9.84 Å². The molecule has 4 rings (SSSR count). The Hall–Kier alpha value is -2.62. The average molecular weight is 359 g/mol. The summed E-state index contributed by atoms with van der Waals surface area (Å²) >= 11 is 0. The van der Waals surface area contributed by atoms with E-state index in [1.165, 1.54) is 11.1 Å². The summed E-state index contributed by atoms with van der Waals surface area (Å²) in [6.45, 7) is 2.77. The summed E-state index contributed by atoms with van der Waals surface area (Å²) in [5.74, 6) is 0.831. The van der Waals surface area contributed by atoms with Gasteiger partial charge in [0.05, 0.1) is 0 Å². The van der Waals surface area contributed by atoms with Crippen LogP contribution in [0.1, 0.15) is 12.0 Å². The average Bonchev–Trinajstić information content (AvgIpc) is 2.73. The van der Waals surface area contributed by atoms with E-state index in [2.05, 4.69) is 53.4 Å². The van der Waals surface area contributed by atoms with Crippen LogP contribution in [0, 0.1) is 0 Å². The summed E-state index contributed by atoms with van der Waals surface area (Å²) in [6, 6.07) is 24.7. The number of ether oxygens (including phenoxy) is 1. The molecular formula is C24H25NO2. The number of aliphatic hydroxyl groups is 1. The highest BCUT2D eigenvalue weighted by atomic mass is 16.5. The molecule has 3 nitrogen and oxygen atoms in total. The molecule has 3 aromatic rings. The van der Waals surface area contributed by atoms with Crippen LogP contribution in [-0.2, 0) is 0 Å². The van der Waals surface area contributed by atoms with Crippen molar-refractivity contribution in [3.63, 3.8) is 0 Å². The van der Waals surface area contributed by atoms with Crippen LogP contribution in [0.15, 0.2) is 78.9 Å². The second kappa shape index (κ2) is 8.38. The monoisotopic (exact) mass is 359 g/mol. The largest absolute Gasteiger partial charge is 0.490 e. The van der Waals surface area contributed by atoms with E-state index in [1.54, 1.807) is 0 Å². The van der Waals surface area contributed by atoms with Crippen molar-refractivity contribution in [1.29, 1.82) is 0 Å². The molecule has 1 atom stereocenters. The minimum absolute atomic E-state index is 0.305. The Kier molecular flexibility index (Phi) is 5.52. The number of hydrogen-bond donors (Lipinski definition) is 1. The molecule has 0 saturated heterocycles. The number of benzene rings is 3. The Morgan fingerprint density at radius 3 is 2.52 bits per heavy atom. The van der Waals surface area contributed by atoms with Gasteiger partial charge in [0.25, 0.3) is 0 Å². The summed E-state index contributed by atoms with van der Waals surface area (Å²) in [7, 11) is 0. The highest BCUT2D eigenvalue weighted by Gasteiger charge is 2.17. The van der Waals surface area contributed by atoms with Crippen LogP contribution in [0.3, 0.4) is 0 Å². The van der Waals surface area contributed by atoms with Crippen LogP contribution >= 0.6 is 0 Å². The second-order valence-corrected chi connectivity index (χ2v) is 7.05. The van der Waals surface area contributed by atoms with Gasteiger partial charge >= 0.3 is 0 Å². The van der Waals surface area contributed by atoms with Gasteiger partial charge in [-0.05, 0) is 29.0 Å². The van der Waals surface area contributed by atoms with Gasteiger partial charge in [-0.15, -0.1) is 0 Å². The van der Waals surface area contributed by atoms with Gasteiger partial charge in [-0.1, -0.05) is 72.8 Å². The second-order valence-electron chi connectivity index (χ2n) is 7.05. The van der Waals surface area contributed by atoms with E-state index in [1.807, 2.05) is 30.3 Å². The van der Waals surface area contributed by atoms with Crippen LogP contribution in [0.5, 0.6) is 5.75 Å². The van der Waals surface area contributed by atoms with Crippen LogP contribution in [-0.4, -0.2) is 42.4 Å². The maximum atomic E-state index is 10.4. The molecule has 3 aromatic carbocycles. The summed E-state index contributed by atoms with van der Waals surface area (Å²) in [4.78, 5) is 2.28. The van der Waals surface area contributed by atoms with Crippen molar-refractivity contribution in [2.75, 3.05) is 26.2 Å². The summed E-state index contributed by atoms with van der Waals surface area (Å²) in [5.41, 5.74) is 2.70. The first-order valence-corrected chi connectivity index (χ1v) is 9.55. The lowest BCUT2D eigenvalue weighted by atomic mass is 9.99. The van der Waals surface area contributed by atoms with Gasteiger partial charge in [0.15, 0.2) is 0 Å². The van der Waals surface area contributed by atoms with Crippen molar-refractivity contribution < 1.29 is 9.84 Å². The molecular weight excluding hydrogens is 334 g/mol. The maximum absolute atomic E-state index is 10.4. The van der Waals surface area contributed by atoms with Gasteiger partial charge in [0, 0.05) is 25.0 Å². The lowest BCUT2D eigenvalue weighted by Crippen LogP contribution is -2.38. The molecule has 0 bridgehead atoms. The van der Waals surface area contributed by atoms with Crippen molar-refractivity contribution in [1.82, 2.24) is 4.90 Å². The van der Waals surface area contributed by atoms with Gasteiger partial charge in [-0.2, -0.15) is 0 Å². The van der Waals surface area contributed by atoms with Gasteiger partial charge in [0.2, 0.25) is 0 Å². The topological polar surface area (TPSA) is 32.7 Å². The van der Waals surface area contributed by atoms with E-state index in [0.29, 0.717) is 13.2 Å². The van der Waals surface area contributed by atoms with Crippen LogP contribution in [0.2, 0.25) is 0 Å². The molecule has 0 aliphatic carbocycles. The smallest absolute Gasteiger partial charge is 0.127 e. The SMILES string of the molecule is OC(COc1cccc2ccccc12)CN1CC=C(c2ccccc2)CC1. The molecule has 138 valence electrons. The van der Waals surface area contributed by atoms with E-state index in [9.17, 15) is 5.11 Å². The molecule has 1 heterocycles. The number of nitrogens with zero attached hydrogens (tertiary/aromatic N) is 1. The fourth-order valence-corrected chi connectivity index (χ4v) is 3.65. The Balaban J connectivity index is 1.31. The third kappa shape index (κ3) is 4.38. The lowest BCUT2D eigenvalue weighted by molar-refractivity contribution is 0.0722. The fraction of sp³-hybridized carbons (Fsp3) is 0.250. The molecule has 0 amide bonds. The molecule has 0 aromatic heterocycles. The number of aliphatic hydroxyl groups excluding tert-OH is 1. The molecule has 1 N–H and O–H groups in total. The first kappa shape index (κ1) is 17.8. The molecule has 3 heteroatoms. The number of fused-ring (bicyclic) bond motifs is 1. The third-order valence-corrected chi connectivity index (χ3v) is 5.09. The number of β-amino-alcohol motifs (C(OH)–C–C–N with tert-alkyl or cyclic N) is 1.